The molecule has 0 spiro atoms. The second-order valence-corrected chi connectivity index (χ2v) is 5.70. The van der Waals surface area contributed by atoms with Crippen LogP contribution in [-0.2, 0) is 4.74 Å². The molecule has 0 amide bonds. The van der Waals surface area contributed by atoms with Gasteiger partial charge in [0.15, 0.2) is 0 Å². The lowest BCUT2D eigenvalue weighted by Gasteiger charge is -2.15. The minimum Gasteiger partial charge on any atom is -0.486 e. The topological polar surface area (TPSA) is 56.3 Å². The average molecular weight is 338 g/mol. The lowest BCUT2D eigenvalue weighted by atomic mass is 10.2. The Bertz CT molecular complexity index is 642. The highest BCUT2D eigenvalue weighted by Gasteiger charge is 2.20. The maximum atomic E-state index is 6.05. The molecule has 2 heterocycles. The fourth-order valence-corrected chi connectivity index (χ4v) is 2.74. The standard InChI is InChI=1S/C14H16BrN3O2/c1-8-11-5-9(15)6-12(20-10-3-4-19-7-10)13(11)18-14(16-2)17-8/h5-6,10H,3-4,7H2,1-2H3,(H,16,17,18)/t10-/m0/s1. The van der Waals surface area contributed by atoms with Gasteiger partial charge in [-0.3, -0.25) is 0 Å². The summed E-state index contributed by atoms with van der Waals surface area (Å²) in [5.74, 6) is 1.37. The van der Waals surface area contributed by atoms with Gasteiger partial charge in [-0.15, -0.1) is 0 Å². The summed E-state index contributed by atoms with van der Waals surface area (Å²) in [6.07, 6.45) is 1.01. The summed E-state index contributed by atoms with van der Waals surface area (Å²) < 4.78 is 12.4. The summed E-state index contributed by atoms with van der Waals surface area (Å²) in [4.78, 5) is 8.94. The van der Waals surface area contributed by atoms with Crippen LogP contribution in [0.15, 0.2) is 16.6 Å². The Morgan fingerprint density at radius 2 is 2.25 bits per heavy atom. The van der Waals surface area contributed by atoms with Gasteiger partial charge in [-0.2, -0.15) is 0 Å². The van der Waals surface area contributed by atoms with Crippen LogP contribution in [0, 0.1) is 6.92 Å². The second-order valence-electron chi connectivity index (χ2n) is 4.79. The maximum Gasteiger partial charge on any atom is 0.223 e. The Morgan fingerprint density at radius 1 is 1.40 bits per heavy atom. The van der Waals surface area contributed by atoms with Crippen molar-refractivity contribution < 1.29 is 9.47 Å². The number of nitrogens with zero attached hydrogens (tertiary/aromatic N) is 2. The van der Waals surface area contributed by atoms with Gasteiger partial charge >= 0.3 is 0 Å². The number of benzene rings is 1. The zero-order valence-electron chi connectivity index (χ0n) is 11.4. The van der Waals surface area contributed by atoms with E-state index in [1.54, 1.807) is 0 Å². The van der Waals surface area contributed by atoms with Crippen molar-refractivity contribution in [2.75, 3.05) is 25.6 Å². The molecular weight excluding hydrogens is 322 g/mol. The van der Waals surface area contributed by atoms with Crippen LogP contribution in [-0.4, -0.2) is 36.3 Å². The van der Waals surface area contributed by atoms with Crippen molar-refractivity contribution in [2.24, 2.45) is 0 Å². The molecule has 5 nitrogen and oxygen atoms in total. The molecule has 1 aromatic heterocycles. The Balaban J connectivity index is 2.10. The number of nitrogens with one attached hydrogen (secondary N) is 1. The predicted octanol–water partition coefficient (Wildman–Crippen LogP) is 2.91. The van der Waals surface area contributed by atoms with E-state index in [0.717, 1.165) is 39.8 Å². The van der Waals surface area contributed by atoms with Crippen LogP contribution < -0.4 is 10.1 Å². The normalized spacial score (nSPS) is 18.4. The van der Waals surface area contributed by atoms with Gasteiger partial charge in [0.05, 0.1) is 18.9 Å². The number of fused-ring (bicyclic) bond motifs is 1. The summed E-state index contributed by atoms with van der Waals surface area (Å²) in [7, 11) is 1.81. The van der Waals surface area contributed by atoms with Gasteiger partial charge in [0.25, 0.3) is 0 Å². The maximum absolute atomic E-state index is 6.05. The molecule has 1 N–H and O–H groups in total. The SMILES string of the molecule is CNc1nc(C)c2cc(Br)cc(O[C@H]3CCOC3)c2n1. The van der Waals surface area contributed by atoms with Crippen molar-refractivity contribution in [3.8, 4) is 5.75 Å². The summed E-state index contributed by atoms with van der Waals surface area (Å²) in [6, 6.07) is 3.97. The van der Waals surface area contributed by atoms with E-state index in [0.29, 0.717) is 12.6 Å². The Morgan fingerprint density at radius 3 is 2.95 bits per heavy atom. The van der Waals surface area contributed by atoms with Crippen LogP contribution in [0.5, 0.6) is 5.75 Å². The van der Waals surface area contributed by atoms with Gasteiger partial charge in [-0.25, -0.2) is 9.97 Å². The van der Waals surface area contributed by atoms with E-state index in [-0.39, 0.29) is 6.10 Å². The third-order valence-corrected chi connectivity index (χ3v) is 3.78. The quantitative estimate of drug-likeness (QED) is 0.933. The third-order valence-electron chi connectivity index (χ3n) is 3.33. The highest BCUT2D eigenvalue weighted by molar-refractivity contribution is 9.10. The number of rotatable bonds is 3. The number of anilines is 1. The number of aromatic nitrogens is 2. The number of ether oxygens (including phenoxy) is 2. The van der Waals surface area contributed by atoms with Crippen LogP contribution in [0.1, 0.15) is 12.1 Å². The van der Waals surface area contributed by atoms with Crippen molar-refractivity contribution in [3.05, 3.63) is 22.3 Å². The first-order valence-corrected chi connectivity index (χ1v) is 7.36. The highest BCUT2D eigenvalue weighted by Crippen LogP contribution is 2.32. The van der Waals surface area contributed by atoms with Crippen molar-refractivity contribution in [1.82, 2.24) is 9.97 Å². The molecule has 1 aliphatic rings. The van der Waals surface area contributed by atoms with Gasteiger partial charge < -0.3 is 14.8 Å². The molecule has 2 aromatic rings. The molecule has 0 radical (unpaired) electrons. The molecule has 0 saturated carbocycles. The molecule has 0 aliphatic carbocycles. The monoisotopic (exact) mass is 337 g/mol. The van der Waals surface area contributed by atoms with Gasteiger partial charge in [-0.05, 0) is 19.1 Å². The van der Waals surface area contributed by atoms with Crippen LogP contribution >= 0.6 is 15.9 Å². The van der Waals surface area contributed by atoms with E-state index in [1.165, 1.54) is 0 Å². The average Bonchev–Trinajstić information content (AvgIpc) is 2.92. The first kappa shape index (κ1) is 13.6. The van der Waals surface area contributed by atoms with E-state index in [1.807, 2.05) is 26.1 Å². The fraction of sp³-hybridized carbons (Fsp3) is 0.429. The minimum absolute atomic E-state index is 0.0980. The summed E-state index contributed by atoms with van der Waals surface area (Å²) in [5.41, 5.74) is 1.75. The van der Waals surface area contributed by atoms with Crippen molar-refractivity contribution in [1.29, 1.82) is 0 Å². The van der Waals surface area contributed by atoms with Gasteiger partial charge in [0, 0.05) is 23.3 Å². The molecule has 20 heavy (non-hydrogen) atoms. The van der Waals surface area contributed by atoms with Gasteiger partial charge in [0.2, 0.25) is 5.95 Å². The highest BCUT2D eigenvalue weighted by atomic mass is 79.9. The second kappa shape index (κ2) is 5.54. The van der Waals surface area contributed by atoms with E-state index in [2.05, 4.69) is 31.2 Å². The van der Waals surface area contributed by atoms with E-state index in [9.17, 15) is 0 Å². The molecule has 6 heteroatoms. The van der Waals surface area contributed by atoms with Gasteiger partial charge in [0.1, 0.15) is 17.4 Å². The zero-order chi connectivity index (χ0) is 14.1. The summed E-state index contributed by atoms with van der Waals surface area (Å²) >= 11 is 3.52. The Labute approximate surface area is 125 Å². The third kappa shape index (κ3) is 2.58. The molecular formula is C14H16BrN3O2. The zero-order valence-corrected chi connectivity index (χ0v) is 13.0. The molecule has 3 rings (SSSR count). The molecule has 1 fully saturated rings. The molecule has 106 valence electrons. The minimum atomic E-state index is 0.0980. The van der Waals surface area contributed by atoms with E-state index < -0.39 is 0 Å². The summed E-state index contributed by atoms with van der Waals surface area (Å²) in [6.45, 7) is 3.36. The first-order chi connectivity index (χ1) is 9.67. The number of halogens is 1. The van der Waals surface area contributed by atoms with E-state index in [4.69, 9.17) is 9.47 Å². The van der Waals surface area contributed by atoms with E-state index >= 15 is 0 Å². The largest absolute Gasteiger partial charge is 0.486 e. The molecule has 1 aliphatic heterocycles. The van der Waals surface area contributed by atoms with Gasteiger partial charge in [-0.1, -0.05) is 15.9 Å². The molecule has 1 atom stereocenters. The molecule has 1 aromatic carbocycles. The summed E-state index contributed by atoms with van der Waals surface area (Å²) in [5, 5.41) is 3.97. The Hall–Kier alpha value is -1.40. The predicted molar refractivity (Wildman–Crippen MR) is 81.4 cm³/mol. The Kier molecular flexibility index (Phi) is 3.76. The van der Waals surface area contributed by atoms with Crippen molar-refractivity contribution in [2.45, 2.75) is 19.4 Å². The first-order valence-electron chi connectivity index (χ1n) is 6.57. The molecule has 0 unspecified atom stereocenters. The molecule has 0 bridgehead atoms. The van der Waals surface area contributed by atoms with Crippen molar-refractivity contribution in [3.63, 3.8) is 0 Å². The van der Waals surface area contributed by atoms with Crippen LogP contribution in [0.2, 0.25) is 0 Å². The fourth-order valence-electron chi connectivity index (χ4n) is 2.30. The van der Waals surface area contributed by atoms with Crippen molar-refractivity contribution >= 4 is 32.8 Å². The number of hydrogen-bond acceptors (Lipinski definition) is 5. The van der Waals surface area contributed by atoms with Crippen LogP contribution in [0.25, 0.3) is 10.9 Å². The smallest absolute Gasteiger partial charge is 0.223 e. The molecule has 1 saturated heterocycles. The number of aryl methyl sites for hydroxylation is 1. The van der Waals surface area contributed by atoms with Crippen LogP contribution in [0.4, 0.5) is 5.95 Å². The van der Waals surface area contributed by atoms with Crippen LogP contribution in [0.3, 0.4) is 0 Å². The number of hydrogen-bond donors (Lipinski definition) is 1. The lowest BCUT2D eigenvalue weighted by Crippen LogP contribution is -2.16. The lowest BCUT2D eigenvalue weighted by molar-refractivity contribution is 0.142.